The van der Waals surface area contributed by atoms with Gasteiger partial charge in [-0.15, -0.1) is 0 Å². The molecule has 4 heterocycles. The summed E-state index contributed by atoms with van der Waals surface area (Å²) in [7, 11) is 0. The number of anilines is 2. The minimum absolute atomic E-state index is 0.0386. The standard InChI is InChI=1S/C21H29N5O2/c1-3-17-7-4-5-9-26(17)20-15-19(22-16(2)23-20)24-10-12-25(13-11-24)21(27)18-8-6-14-28-18/h6,8,14-15,17H,3-5,7,9-13H2,1-2H3. The van der Waals surface area contributed by atoms with Crippen LogP contribution in [0.3, 0.4) is 0 Å². The molecule has 1 amide bonds. The number of hydrogen-bond donors (Lipinski definition) is 0. The molecule has 2 saturated heterocycles. The topological polar surface area (TPSA) is 65.7 Å². The van der Waals surface area contributed by atoms with Gasteiger partial charge in [-0.3, -0.25) is 4.79 Å². The Morgan fingerprint density at radius 1 is 1.14 bits per heavy atom. The molecule has 0 saturated carbocycles. The average Bonchev–Trinajstić information content (AvgIpc) is 3.28. The third-order valence-corrected chi connectivity index (χ3v) is 5.83. The molecule has 0 radical (unpaired) electrons. The van der Waals surface area contributed by atoms with Gasteiger partial charge in [-0.25, -0.2) is 9.97 Å². The number of furan rings is 1. The highest BCUT2D eigenvalue weighted by Crippen LogP contribution is 2.28. The highest BCUT2D eigenvalue weighted by atomic mass is 16.3. The van der Waals surface area contributed by atoms with E-state index in [2.05, 4.69) is 27.8 Å². The lowest BCUT2D eigenvalue weighted by molar-refractivity contribution is 0.0714. The first-order valence-electron chi connectivity index (χ1n) is 10.4. The SMILES string of the molecule is CCC1CCCCN1c1cc(N2CCN(C(=O)c3ccco3)CC2)nc(C)n1. The van der Waals surface area contributed by atoms with E-state index in [9.17, 15) is 4.79 Å². The van der Waals surface area contributed by atoms with E-state index >= 15 is 0 Å². The third-order valence-electron chi connectivity index (χ3n) is 5.83. The Morgan fingerprint density at radius 3 is 2.64 bits per heavy atom. The number of rotatable bonds is 4. The molecule has 4 rings (SSSR count). The fraction of sp³-hybridized carbons (Fsp3) is 0.571. The van der Waals surface area contributed by atoms with Crippen LogP contribution in [0.5, 0.6) is 0 Å². The zero-order valence-corrected chi connectivity index (χ0v) is 16.8. The van der Waals surface area contributed by atoms with E-state index in [0.717, 1.165) is 43.5 Å². The van der Waals surface area contributed by atoms with Crippen molar-refractivity contribution in [3.8, 4) is 0 Å². The lowest BCUT2D eigenvalue weighted by Crippen LogP contribution is -2.49. The van der Waals surface area contributed by atoms with Crippen molar-refractivity contribution in [2.24, 2.45) is 0 Å². The number of aryl methyl sites for hydroxylation is 1. The number of aromatic nitrogens is 2. The highest BCUT2D eigenvalue weighted by Gasteiger charge is 2.26. The van der Waals surface area contributed by atoms with Crippen molar-refractivity contribution < 1.29 is 9.21 Å². The van der Waals surface area contributed by atoms with E-state index in [0.29, 0.717) is 24.9 Å². The molecule has 2 fully saturated rings. The van der Waals surface area contributed by atoms with Gasteiger partial charge in [0.15, 0.2) is 5.76 Å². The van der Waals surface area contributed by atoms with E-state index in [-0.39, 0.29) is 5.91 Å². The molecule has 0 bridgehead atoms. The van der Waals surface area contributed by atoms with Crippen LogP contribution in [0.25, 0.3) is 0 Å². The fourth-order valence-corrected chi connectivity index (χ4v) is 4.27. The van der Waals surface area contributed by atoms with E-state index in [1.165, 1.54) is 19.3 Å². The normalized spacial score (nSPS) is 20.5. The van der Waals surface area contributed by atoms with Gasteiger partial charge in [-0.1, -0.05) is 6.92 Å². The molecule has 2 aliphatic heterocycles. The summed E-state index contributed by atoms with van der Waals surface area (Å²) >= 11 is 0. The first-order valence-corrected chi connectivity index (χ1v) is 10.4. The summed E-state index contributed by atoms with van der Waals surface area (Å²) in [6, 6.07) is 6.17. The molecule has 7 heteroatoms. The van der Waals surface area contributed by atoms with Crippen LogP contribution in [0.15, 0.2) is 28.9 Å². The minimum Gasteiger partial charge on any atom is -0.459 e. The minimum atomic E-state index is -0.0386. The summed E-state index contributed by atoms with van der Waals surface area (Å²) in [5, 5.41) is 0. The van der Waals surface area contributed by atoms with E-state index < -0.39 is 0 Å². The summed E-state index contributed by atoms with van der Waals surface area (Å²) in [6.45, 7) is 8.15. The lowest BCUT2D eigenvalue weighted by atomic mass is 10.00. The van der Waals surface area contributed by atoms with Gasteiger partial charge in [0.2, 0.25) is 0 Å². The second kappa shape index (κ2) is 8.20. The zero-order valence-electron chi connectivity index (χ0n) is 16.8. The summed E-state index contributed by atoms with van der Waals surface area (Å²) in [5.41, 5.74) is 0. The molecule has 2 aromatic rings. The van der Waals surface area contributed by atoms with Crippen LogP contribution < -0.4 is 9.80 Å². The van der Waals surface area contributed by atoms with Gasteiger partial charge < -0.3 is 19.1 Å². The van der Waals surface area contributed by atoms with Gasteiger partial charge in [0.1, 0.15) is 17.5 Å². The van der Waals surface area contributed by atoms with E-state index in [4.69, 9.17) is 9.40 Å². The number of carbonyl (C=O) groups is 1. The number of nitrogens with zero attached hydrogens (tertiary/aromatic N) is 5. The number of carbonyl (C=O) groups excluding carboxylic acids is 1. The van der Waals surface area contributed by atoms with Crippen molar-refractivity contribution in [2.45, 2.75) is 45.6 Å². The monoisotopic (exact) mass is 383 g/mol. The van der Waals surface area contributed by atoms with Crippen LogP contribution in [0.4, 0.5) is 11.6 Å². The Kier molecular flexibility index (Phi) is 5.50. The summed E-state index contributed by atoms with van der Waals surface area (Å²) < 4.78 is 5.25. The third kappa shape index (κ3) is 3.84. The Hall–Kier alpha value is -2.57. The quantitative estimate of drug-likeness (QED) is 0.808. The maximum atomic E-state index is 12.5. The van der Waals surface area contributed by atoms with Crippen LogP contribution in [0.1, 0.15) is 49.0 Å². The smallest absolute Gasteiger partial charge is 0.289 e. The Labute approximate surface area is 166 Å². The van der Waals surface area contributed by atoms with Crippen molar-refractivity contribution in [3.63, 3.8) is 0 Å². The molecule has 150 valence electrons. The zero-order chi connectivity index (χ0) is 19.5. The summed E-state index contributed by atoms with van der Waals surface area (Å²) in [4.78, 5) is 28.5. The molecule has 1 unspecified atom stereocenters. The second-order valence-corrected chi connectivity index (χ2v) is 7.64. The molecular weight excluding hydrogens is 354 g/mol. The van der Waals surface area contributed by atoms with E-state index in [1.807, 2.05) is 11.8 Å². The number of piperidine rings is 1. The van der Waals surface area contributed by atoms with Crippen LogP contribution >= 0.6 is 0 Å². The molecule has 2 aromatic heterocycles. The number of hydrogen-bond acceptors (Lipinski definition) is 6. The van der Waals surface area contributed by atoms with E-state index in [1.54, 1.807) is 18.4 Å². The van der Waals surface area contributed by atoms with Crippen LogP contribution in [-0.4, -0.2) is 59.5 Å². The van der Waals surface area contributed by atoms with Crippen LogP contribution in [0, 0.1) is 6.92 Å². The van der Waals surface area contributed by atoms with Crippen LogP contribution in [0.2, 0.25) is 0 Å². The van der Waals surface area contributed by atoms with Crippen LogP contribution in [-0.2, 0) is 0 Å². The maximum absolute atomic E-state index is 12.5. The van der Waals surface area contributed by atoms with Gasteiger partial charge in [0.05, 0.1) is 6.26 Å². The van der Waals surface area contributed by atoms with Crippen molar-refractivity contribution in [1.82, 2.24) is 14.9 Å². The summed E-state index contributed by atoms with van der Waals surface area (Å²) in [6.07, 6.45) is 6.45. The summed E-state index contributed by atoms with van der Waals surface area (Å²) in [5.74, 6) is 3.19. The largest absolute Gasteiger partial charge is 0.459 e. The van der Waals surface area contributed by atoms with Gasteiger partial charge in [-0.05, 0) is 44.7 Å². The Balaban J connectivity index is 1.46. The first kappa shape index (κ1) is 18.8. The number of amides is 1. The first-order chi connectivity index (χ1) is 13.7. The average molecular weight is 383 g/mol. The highest BCUT2D eigenvalue weighted by molar-refractivity contribution is 5.91. The van der Waals surface area contributed by atoms with Gasteiger partial charge in [0.25, 0.3) is 5.91 Å². The predicted octanol–water partition coefficient (Wildman–Crippen LogP) is 3.11. The molecule has 0 aliphatic carbocycles. The van der Waals surface area contributed by atoms with Gasteiger partial charge in [0, 0.05) is 44.8 Å². The number of piperazine rings is 1. The van der Waals surface area contributed by atoms with Crippen molar-refractivity contribution >= 4 is 17.5 Å². The molecule has 0 N–H and O–H groups in total. The molecule has 7 nitrogen and oxygen atoms in total. The Bertz CT molecular complexity index is 799. The maximum Gasteiger partial charge on any atom is 0.289 e. The predicted molar refractivity (Wildman–Crippen MR) is 109 cm³/mol. The molecule has 0 aromatic carbocycles. The van der Waals surface area contributed by atoms with Gasteiger partial charge in [-0.2, -0.15) is 0 Å². The molecule has 2 aliphatic rings. The van der Waals surface area contributed by atoms with Gasteiger partial charge >= 0.3 is 0 Å². The van der Waals surface area contributed by atoms with Crippen molar-refractivity contribution in [3.05, 3.63) is 36.0 Å². The molecular formula is C21H29N5O2. The molecule has 1 atom stereocenters. The molecule has 28 heavy (non-hydrogen) atoms. The Morgan fingerprint density at radius 2 is 1.93 bits per heavy atom. The molecule has 0 spiro atoms. The van der Waals surface area contributed by atoms with Crippen molar-refractivity contribution in [2.75, 3.05) is 42.5 Å². The van der Waals surface area contributed by atoms with Crippen molar-refractivity contribution in [1.29, 1.82) is 0 Å². The lowest BCUT2D eigenvalue weighted by Gasteiger charge is -2.38. The second-order valence-electron chi connectivity index (χ2n) is 7.64. The fourth-order valence-electron chi connectivity index (χ4n) is 4.27.